The van der Waals surface area contributed by atoms with Gasteiger partial charge in [-0.3, -0.25) is 4.79 Å². The van der Waals surface area contributed by atoms with Crippen LogP contribution in [0.5, 0.6) is 0 Å². The van der Waals surface area contributed by atoms with E-state index in [1.165, 1.54) is 0 Å². The molecule has 1 aromatic rings. The summed E-state index contributed by atoms with van der Waals surface area (Å²) in [7, 11) is 0. The van der Waals surface area contributed by atoms with Crippen LogP contribution in [0.4, 0.5) is 13.2 Å². The van der Waals surface area contributed by atoms with Crippen LogP contribution in [0.25, 0.3) is 6.08 Å². The molecule has 0 spiro atoms. The largest absolute Gasteiger partial charge is 0.366 e. The van der Waals surface area contributed by atoms with E-state index in [1.54, 1.807) is 0 Å². The first-order valence-corrected chi connectivity index (χ1v) is 3.63. The van der Waals surface area contributed by atoms with Crippen molar-refractivity contribution in [1.82, 2.24) is 0 Å². The Kier molecular flexibility index (Phi) is 2.91. The Morgan fingerprint density at radius 1 is 1.21 bits per heavy atom. The number of primary amides is 1. The average Bonchev–Trinajstić information content (AvgIpc) is 2.10. The predicted octanol–water partition coefficient (Wildman–Crippen LogP) is 1.60. The van der Waals surface area contributed by atoms with Gasteiger partial charge in [-0.15, -0.1) is 0 Å². The van der Waals surface area contributed by atoms with Crippen molar-refractivity contribution in [2.75, 3.05) is 0 Å². The fourth-order valence-electron chi connectivity index (χ4n) is 0.850. The molecule has 0 aliphatic rings. The summed E-state index contributed by atoms with van der Waals surface area (Å²) in [6.45, 7) is 0. The van der Waals surface area contributed by atoms with Gasteiger partial charge in [0.15, 0.2) is 17.5 Å². The number of amides is 1. The second-order valence-electron chi connectivity index (χ2n) is 2.53. The molecule has 0 saturated heterocycles. The van der Waals surface area contributed by atoms with Gasteiger partial charge in [-0.2, -0.15) is 0 Å². The zero-order chi connectivity index (χ0) is 10.7. The highest BCUT2D eigenvalue weighted by Gasteiger charge is 2.08. The Hall–Kier alpha value is -1.78. The van der Waals surface area contributed by atoms with Crippen LogP contribution < -0.4 is 5.73 Å². The van der Waals surface area contributed by atoms with Crippen molar-refractivity contribution in [2.24, 2.45) is 5.73 Å². The lowest BCUT2D eigenvalue weighted by molar-refractivity contribution is -0.113. The molecule has 0 aromatic heterocycles. The van der Waals surface area contributed by atoms with Crippen LogP contribution >= 0.6 is 0 Å². The maximum atomic E-state index is 12.6. The summed E-state index contributed by atoms with van der Waals surface area (Å²) in [5.41, 5.74) is 4.79. The number of rotatable bonds is 2. The number of hydrogen-bond donors (Lipinski definition) is 1. The van der Waals surface area contributed by atoms with E-state index in [-0.39, 0.29) is 5.56 Å². The molecule has 0 fully saturated rings. The molecule has 5 heteroatoms. The Bertz CT molecular complexity index is 378. The first kappa shape index (κ1) is 10.3. The summed E-state index contributed by atoms with van der Waals surface area (Å²) in [5, 5.41) is 0. The number of nitrogens with two attached hydrogens (primary N) is 1. The fraction of sp³-hybridized carbons (Fsp3) is 0. The maximum Gasteiger partial charge on any atom is 0.241 e. The Morgan fingerprint density at radius 3 is 2.14 bits per heavy atom. The summed E-state index contributed by atoms with van der Waals surface area (Å²) >= 11 is 0. The number of carbonyl (C=O) groups is 1. The number of benzene rings is 1. The van der Waals surface area contributed by atoms with Gasteiger partial charge in [-0.05, 0) is 23.8 Å². The van der Waals surface area contributed by atoms with Crippen molar-refractivity contribution in [1.29, 1.82) is 0 Å². The highest BCUT2D eigenvalue weighted by molar-refractivity contribution is 5.90. The van der Waals surface area contributed by atoms with Gasteiger partial charge in [0, 0.05) is 6.08 Å². The van der Waals surface area contributed by atoms with E-state index in [0.29, 0.717) is 0 Å². The lowest BCUT2D eigenvalue weighted by Crippen LogP contribution is -2.05. The first-order valence-electron chi connectivity index (χ1n) is 3.63. The second kappa shape index (κ2) is 3.95. The molecule has 2 nitrogen and oxygen atoms in total. The van der Waals surface area contributed by atoms with Gasteiger partial charge in [0.1, 0.15) is 0 Å². The zero-order valence-electron chi connectivity index (χ0n) is 6.93. The molecule has 0 heterocycles. The maximum absolute atomic E-state index is 12.6. The molecule has 1 aromatic carbocycles. The van der Waals surface area contributed by atoms with Gasteiger partial charge in [0.05, 0.1) is 0 Å². The number of halogens is 3. The van der Waals surface area contributed by atoms with Gasteiger partial charge in [0.2, 0.25) is 5.91 Å². The van der Waals surface area contributed by atoms with E-state index in [9.17, 15) is 18.0 Å². The summed E-state index contributed by atoms with van der Waals surface area (Å²) in [6, 6.07) is 1.52. The van der Waals surface area contributed by atoms with E-state index >= 15 is 0 Å². The lowest BCUT2D eigenvalue weighted by atomic mass is 10.2. The standard InChI is InChI=1S/C9H6F3NO/c10-6-3-5(1-2-8(13)14)4-7(11)9(6)12/h1-4H,(H2,13,14)/b2-1+. The molecule has 0 aliphatic carbocycles. The zero-order valence-corrected chi connectivity index (χ0v) is 6.93. The highest BCUT2D eigenvalue weighted by atomic mass is 19.2. The Labute approximate surface area is 77.8 Å². The smallest absolute Gasteiger partial charge is 0.241 e. The fourth-order valence-corrected chi connectivity index (χ4v) is 0.850. The average molecular weight is 201 g/mol. The molecule has 0 radical (unpaired) electrons. The van der Waals surface area contributed by atoms with Crippen molar-refractivity contribution < 1.29 is 18.0 Å². The number of hydrogen-bond acceptors (Lipinski definition) is 1. The Balaban J connectivity index is 3.07. The molecular weight excluding hydrogens is 195 g/mol. The van der Waals surface area contributed by atoms with E-state index in [4.69, 9.17) is 5.73 Å². The third kappa shape index (κ3) is 2.35. The van der Waals surface area contributed by atoms with Gasteiger partial charge < -0.3 is 5.73 Å². The van der Waals surface area contributed by atoms with Crippen molar-refractivity contribution in [3.8, 4) is 0 Å². The van der Waals surface area contributed by atoms with Gasteiger partial charge in [-0.25, -0.2) is 13.2 Å². The minimum Gasteiger partial charge on any atom is -0.366 e. The summed E-state index contributed by atoms with van der Waals surface area (Å²) in [5.74, 6) is -4.92. The minimum atomic E-state index is -1.54. The highest BCUT2D eigenvalue weighted by Crippen LogP contribution is 2.14. The number of carbonyl (C=O) groups excluding carboxylic acids is 1. The van der Waals surface area contributed by atoms with Gasteiger partial charge in [-0.1, -0.05) is 0 Å². The topological polar surface area (TPSA) is 43.1 Å². The molecule has 14 heavy (non-hydrogen) atoms. The van der Waals surface area contributed by atoms with Gasteiger partial charge in [0.25, 0.3) is 0 Å². The van der Waals surface area contributed by atoms with Crippen LogP contribution in [0.2, 0.25) is 0 Å². The van der Waals surface area contributed by atoms with Gasteiger partial charge >= 0.3 is 0 Å². The molecule has 0 saturated carbocycles. The molecule has 0 aliphatic heterocycles. The second-order valence-corrected chi connectivity index (χ2v) is 2.53. The third-order valence-corrected chi connectivity index (χ3v) is 1.45. The normalized spacial score (nSPS) is 10.8. The predicted molar refractivity (Wildman–Crippen MR) is 44.5 cm³/mol. The third-order valence-electron chi connectivity index (χ3n) is 1.45. The summed E-state index contributed by atoms with van der Waals surface area (Å²) in [6.07, 6.45) is 2.01. The van der Waals surface area contributed by atoms with Crippen LogP contribution in [0, 0.1) is 17.5 Å². The van der Waals surface area contributed by atoms with Crippen molar-refractivity contribution in [3.05, 3.63) is 41.2 Å². The van der Waals surface area contributed by atoms with Crippen molar-refractivity contribution in [3.63, 3.8) is 0 Å². The molecule has 74 valence electrons. The van der Waals surface area contributed by atoms with Crippen LogP contribution in [-0.2, 0) is 4.79 Å². The van der Waals surface area contributed by atoms with Crippen molar-refractivity contribution in [2.45, 2.75) is 0 Å². The van der Waals surface area contributed by atoms with Crippen LogP contribution in [0.1, 0.15) is 5.56 Å². The summed E-state index contributed by atoms with van der Waals surface area (Å²) in [4.78, 5) is 10.3. The lowest BCUT2D eigenvalue weighted by Gasteiger charge is -1.97. The molecule has 1 amide bonds. The van der Waals surface area contributed by atoms with Crippen LogP contribution in [-0.4, -0.2) is 5.91 Å². The first-order chi connectivity index (χ1) is 6.50. The quantitative estimate of drug-likeness (QED) is 0.573. The van der Waals surface area contributed by atoms with Crippen LogP contribution in [0.3, 0.4) is 0 Å². The Morgan fingerprint density at radius 2 is 1.71 bits per heavy atom. The van der Waals surface area contributed by atoms with E-state index in [2.05, 4.69) is 0 Å². The molecule has 2 N–H and O–H groups in total. The molecule has 0 bridgehead atoms. The van der Waals surface area contributed by atoms with E-state index in [0.717, 1.165) is 24.3 Å². The summed E-state index contributed by atoms with van der Waals surface area (Å²) < 4.78 is 37.6. The molecule has 0 atom stereocenters. The van der Waals surface area contributed by atoms with Crippen molar-refractivity contribution >= 4 is 12.0 Å². The molecular formula is C9H6F3NO. The molecule has 1 rings (SSSR count). The van der Waals surface area contributed by atoms with E-state index < -0.39 is 23.4 Å². The van der Waals surface area contributed by atoms with E-state index in [1.807, 2.05) is 0 Å². The SMILES string of the molecule is NC(=O)/C=C/c1cc(F)c(F)c(F)c1. The van der Waals surface area contributed by atoms with Crippen LogP contribution in [0.15, 0.2) is 18.2 Å². The monoisotopic (exact) mass is 201 g/mol. The minimum absolute atomic E-state index is 0.0280. The molecule has 0 unspecified atom stereocenters.